The van der Waals surface area contributed by atoms with E-state index in [-0.39, 0.29) is 11.9 Å². The minimum absolute atomic E-state index is 0.164. The summed E-state index contributed by atoms with van der Waals surface area (Å²) in [6.45, 7) is 0. The Morgan fingerprint density at radius 1 is 1.28 bits per heavy atom. The second-order valence-corrected chi connectivity index (χ2v) is 8.25. The van der Waals surface area contributed by atoms with Gasteiger partial charge in [0.15, 0.2) is 11.6 Å². The first kappa shape index (κ1) is 16.6. The van der Waals surface area contributed by atoms with E-state index in [2.05, 4.69) is 14.9 Å². The van der Waals surface area contributed by atoms with Crippen LogP contribution < -0.4 is 10.5 Å². The van der Waals surface area contributed by atoms with E-state index in [1.807, 2.05) is 0 Å². The average molecular weight is 370 g/mol. The highest BCUT2D eigenvalue weighted by atomic mass is 32.2. The predicted molar refractivity (Wildman–Crippen MR) is 82.7 cm³/mol. The first-order valence-electron chi connectivity index (χ1n) is 7.94. The standard InChI is InChI=1S/C15H16F2N4O3S/c16-9-4-5-10(25(22,23)21-8-2-3-8)12(17)11(9)13-19-14(20-24-13)15(18)6-1-7-15/h4-5,8,21H,1-3,6-7,18H2. The summed E-state index contributed by atoms with van der Waals surface area (Å²) < 4.78 is 60.8. The van der Waals surface area contributed by atoms with E-state index in [9.17, 15) is 17.2 Å². The van der Waals surface area contributed by atoms with Crippen LogP contribution in [-0.4, -0.2) is 24.6 Å². The number of aromatic nitrogens is 2. The second-order valence-electron chi connectivity index (χ2n) is 6.56. The van der Waals surface area contributed by atoms with Crippen molar-refractivity contribution in [3.63, 3.8) is 0 Å². The van der Waals surface area contributed by atoms with Gasteiger partial charge in [0.1, 0.15) is 16.3 Å². The van der Waals surface area contributed by atoms with Gasteiger partial charge in [-0.05, 0) is 44.2 Å². The fraction of sp³-hybridized carbons (Fsp3) is 0.467. The van der Waals surface area contributed by atoms with Gasteiger partial charge in [0.25, 0.3) is 5.89 Å². The molecule has 3 N–H and O–H groups in total. The van der Waals surface area contributed by atoms with E-state index >= 15 is 0 Å². The number of rotatable bonds is 5. The van der Waals surface area contributed by atoms with E-state index < -0.39 is 43.5 Å². The number of nitrogens with one attached hydrogen (secondary N) is 1. The largest absolute Gasteiger partial charge is 0.334 e. The summed E-state index contributed by atoms with van der Waals surface area (Å²) >= 11 is 0. The van der Waals surface area contributed by atoms with E-state index in [1.165, 1.54) is 0 Å². The number of halogens is 2. The highest BCUT2D eigenvalue weighted by Crippen LogP contribution is 2.38. The Balaban J connectivity index is 1.76. The van der Waals surface area contributed by atoms with Crippen LogP contribution in [0.15, 0.2) is 21.6 Å². The lowest BCUT2D eigenvalue weighted by atomic mass is 9.77. The molecule has 0 radical (unpaired) electrons. The average Bonchev–Trinajstić information content (AvgIpc) is 3.17. The highest BCUT2D eigenvalue weighted by molar-refractivity contribution is 7.89. The lowest BCUT2D eigenvalue weighted by molar-refractivity contribution is 0.229. The molecular weight excluding hydrogens is 354 g/mol. The molecule has 0 unspecified atom stereocenters. The summed E-state index contributed by atoms with van der Waals surface area (Å²) in [6, 6.07) is 1.54. The molecule has 25 heavy (non-hydrogen) atoms. The van der Waals surface area contributed by atoms with Crippen molar-refractivity contribution < 1.29 is 21.7 Å². The molecule has 1 heterocycles. The molecule has 0 saturated heterocycles. The molecular formula is C15H16F2N4O3S. The van der Waals surface area contributed by atoms with Crippen molar-refractivity contribution in [2.24, 2.45) is 5.73 Å². The topological polar surface area (TPSA) is 111 Å². The highest BCUT2D eigenvalue weighted by Gasteiger charge is 2.40. The van der Waals surface area contributed by atoms with Crippen molar-refractivity contribution in [2.45, 2.75) is 48.6 Å². The molecule has 1 aromatic carbocycles. The Kier molecular flexibility index (Phi) is 3.67. The third kappa shape index (κ3) is 2.83. The molecule has 2 aliphatic rings. The Morgan fingerprint density at radius 3 is 2.60 bits per heavy atom. The molecule has 2 aliphatic carbocycles. The summed E-state index contributed by atoms with van der Waals surface area (Å²) in [5.74, 6) is -2.51. The quantitative estimate of drug-likeness (QED) is 0.830. The van der Waals surface area contributed by atoms with Crippen LogP contribution in [0.4, 0.5) is 8.78 Å². The van der Waals surface area contributed by atoms with Crippen LogP contribution >= 0.6 is 0 Å². The molecule has 10 heteroatoms. The van der Waals surface area contributed by atoms with E-state index in [1.54, 1.807) is 0 Å². The lowest BCUT2D eigenvalue weighted by Gasteiger charge is -2.34. The van der Waals surface area contributed by atoms with Crippen molar-refractivity contribution in [1.82, 2.24) is 14.9 Å². The second kappa shape index (κ2) is 5.55. The third-order valence-corrected chi connectivity index (χ3v) is 6.11. The van der Waals surface area contributed by atoms with Crippen LogP contribution in [0, 0.1) is 11.6 Å². The predicted octanol–water partition coefficient (Wildman–Crippen LogP) is 1.79. The van der Waals surface area contributed by atoms with E-state index in [0.717, 1.165) is 18.6 Å². The zero-order valence-electron chi connectivity index (χ0n) is 13.1. The Labute approximate surface area is 142 Å². The van der Waals surface area contributed by atoms with Gasteiger partial charge >= 0.3 is 0 Å². The number of nitrogens with two attached hydrogens (primary N) is 1. The third-order valence-electron chi connectivity index (χ3n) is 4.58. The number of sulfonamides is 1. The Bertz CT molecular complexity index is 936. The van der Waals surface area contributed by atoms with Crippen molar-refractivity contribution in [2.75, 3.05) is 0 Å². The van der Waals surface area contributed by atoms with Crippen molar-refractivity contribution in [3.05, 3.63) is 29.6 Å². The maximum atomic E-state index is 14.8. The van der Waals surface area contributed by atoms with Gasteiger partial charge in [-0.15, -0.1) is 0 Å². The van der Waals surface area contributed by atoms with Crippen LogP contribution in [0.3, 0.4) is 0 Å². The van der Waals surface area contributed by atoms with Crippen molar-refractivity contribution in [3.8, 4) is 11.5 Å². The summed E-state index contributed by atoms with van der Waals surface area (Å²) in [6.07, 6.45) is 3.60. The summed E-state index contributed by atoms with van der Waals surface area (Å²) in [5.41, 5.74) is 4.65. The van der Waals surface area contributed by atoms with Crippen LogP contribution in [-0.2, 0) is 15.6 Å². The molecule has 134 valence electrons. The number of benzene rings is 1. The molecule has 2 aromatic rings. The molecule has 7 nitrogen and oxygen atoms in total. The van der Waals surface area contributed by atoms with E-state index in [4.69, 9.17) is 10.3 Å². The van der Waals surface area contributed by atoms with Crippen LogP contribution in [0.1, 0.15) is 37.9 Å². The fourth-order valence-electron chi connectivity index (χ4n) is 2.73. The van der Waals surface area contributed by atoms with Gasteiger partial charge in [0, 0.05) is 6.04 Å². The SMILES string of the molecule is NC1(c2noc(-c3c(F)ccc(S(=O)(=O)NC4CC4)c3F)n2)CCC1. The first-order chi connectivity index (χ1) is 11.8. The lowest BCUT2D eigenvalue weighted by Crippen LogP contribution is -2.44. The minimum Gasteiger partial charge on any atom is -0.334 e. The maximum Gasteiger partial charge on any atom is 0.264 e. The normalized spacial score (nSPS) is 19.6. The van der Waals surface area contributed by atoms with Gasteiger partial charge < -0.3 is 10.3 Å². The first-order valence-corrected chi connectivity index (χ1v) is 9.42. The van der Waals surface area contributed by atoms with Crippen molar-refractivity contribution >= 4 is 10.0 Å². The molecule has 1 aromatic heterocycles. The molecule has 0 amide bonds. The summed E-state index contributed by atoms with van der Waals surface area (Å²) in [4.78, 5) is 3.34. The minimum atomic E-state index is -4.10. The molecule has 2 fully saturated rings. The smallest absolute Gasteiger partial charge is 0.264 e. The van der Waals surface area contributed by atoms with Gasteiger partial charge in [-0.1, -0.05) is 5.16 Å². The zero-order chi connectivity index (χ0) is 17.8. The molecule has 4 rings (SSSR count). The van der Waals surface area contributed by atoms with Crippen LogP contribution in [0.2, 0.25) is 0 Å². The molecule has 0 aliphatic heterocycles. The molecule has 0 spiro atoms. The summed E-state index contributed by atoms with van der Waals surface area (Å²) in [7, 11) is -4.10. The fourth-order valence-corrected chi connectivity index (χ4v) is 4.12. The van der Waals surface area contributed by atoms with Gasteiger partial charge in [-0.2, -0.15) is 4.98 Å². The van der Waals surface area contributed by atoms with E-state index in [0.29, 0.717) is 25.7 Å². The Hall–Kier alpha value is -1.91. The van der Waals surface area contributed by atoms with Gasteiger partial charge in [-0.25, -0.2) is 21.9 Å². The van der Waals surface area contributed by atoms with Gasteiger partial charge in [0.2, 0.25) is 10.0 Å². The Morgan fingerprint density at radius 2 is 2.00 bits per heavy atom. The molecule has 2 saturated carbocycles. The maximum absolute atomic E-state index is 14.8. The van der Waals surface area contributed by atoms with Gasteiger partial charge in [-0.3, -0.25) is 0 Å². The molecule has 0 atom stereocenters. The number of hydrogen-bond donors (Lipinski definition) is 2. The monoisotopic (exact) mass is 370 g/mol. The number of hydrogen-bond acceptors (Lipinski definition) is 6. The summed E-state index contributed by atoms with van der Waals surface area (Å²) in [5, 5.41) is 3.71. The number of nitrogens with zero attached hydrogens (tertiary/aromatic N) is 2. The molecule has 0 bridgehead atoms. The van der Waals surface area contributed by atoms with Crippen molar-refractivity contribution in [1.29, 1.82) is 0 Å². The zero-order valence-corrected chi connectivity index (χ0v) is 13.9. The van der Waals surface area contributed by atoms with Crippen LogP contribution in [0.5, 0.6) is 0 Å². The van der Waals surface area contributed by atoms with Crippen LogP contribution in [0.25, 0.3) is 11.5 Å². The van der Waals surface area contributed by atoms with Gasteiger partial charge in [0.05, 0.1) is 5.54 Å².